The smallest absolute Gasteiger partial charge is 0.118 e. The third-order valence-corrected chi connectivity index (χ3v) is 4.16. The summed E-state index contributed by atoms with van der Waals surface area (Å²) in [5.74, 6) is 0.852. The third-order valence-electron chi connectivity index (χ3n) is 4.16. The average molecular weight is 361 g/mol. The fourth-order valence-corrected chi connectivity index (χ4v) is 2.66. The number of imidazole rings is 1. The van der Waals surface area contributed by atoms with Crippen molar-refractivity contribution in [2.45, 2.75) is 44.9 Å². The molecule has 2 aromatic rings. The lowest BCUT2D eigenvalue weighted by Gasteiger charge is -2.19. The zero-order chi connectivity index (χ0) is 18.5. The van der Waals surface area contributed by atoms with Gasteiger partial charge in [-0.3, -0.25) is 0 Å². The first-order chi connectivity index (χ1) is 12.8. The first kappa shape index (κ1) is 20.4. The Morgan fingerprint density at radius 3 is 2.62 bits per heavy atom. The first-order valence-electron chi connectivity index (χ1n) is 9.30. The highest BCUT2D eigenvalue weighted by Crippen LogP contribution is 2.12. The lowest BCUT2D eigenvalue weighted by atomic mass is 10.2. The highest BCUT2D eigenvalue weighted by atomic mass is 16.5. The Balaban J connectivity index is 1.73. The van der Waals surface area contributed by atoms with Crippen molar-refractivity contribution in [3.05, 3.63) is 48.5 Å². The number of nitrogens with two attached hydrogens (primary N) is 1. The van der Waals surface area contributed by atoms with E-state index in [4.69, 9.17) is 19.9 Å². The van der Waals surface area contributed by atoms with Gasteiger partial charge < -0.3 is 24.5 Å². The number of rotatable bonds is 14. The van der Waals surface area contributed by atoms with E-state index in [1.165, 1.54) is 6.42 Å². The molecule has 6 nitrogen and oxygen atoms in total. The molecule has 1 aromatic carbocycles. The Morgan fingerprint density at radius 1 is 1.12 bits per heavy atom. The third kappa shape index (κ3) is 7.99. The predicted molar refractivity (Wildman–Crippen MR) is 102 cm³/mol. The highest BCUT2D eigenvalue weighted by Gasteiger charge is 2.11. The van der Waals surface area contributed by atoms with Crippen molar-refractivity contribution in [2.75, 3.05) is 26.9 Å². The number of nitrogens with zero attached hydrogens (tertiary/aromatic N) is 2. The second kappa shape index (κ2) is 12.5. The number of benzene rings is 1. The van der Waals surface area contributed by atoms with Crippen molar-refractivity contribution in [1.82, 2.24) is 9.55 Å². The van der Waals surface area contributed by atoms with E-state index in [9.17, 15) is 0 Å². The van der Waals surface area contributed by atoms with Gasteiger partial charge in [0.2, 0.25) is 0 Å². The Hall–Kier alpha value is -1.89. The van der Waals surface area contributed by atoms with Gasteiger partial charge in [0.15, 0.2) is 0 Å². The number of aromatic nitrogens is 2. The quantitative estimate of drug-likeness (QED) is 0.524. The lowest BCUT2D eigenvalue weighted by Crippen LogP contribution is -2.25. The zero-order valence-electron chi connectivity index (χ0n) is 15.7. The maximum Gasteiger partial charge on any atom is 0.118 e. The standard InChI is InChI=1S/C20H31N3O3/c1-24-19-8-6-18(7-9-19)15-25-16-20(14-23-12-11-22-17-23)26-13-5-3-2-4-10-21/h6-9,11-12,17,20H,2-5,10,13-16,21H2,1H3. The zero-order valence-corrected chi connectivity index (χ0v) is 15.7. The van der Waals surface area contributed by atoms with Crippen LogP contribution in [0, 0.1) is 0 Å². The van der Waals surface area contributed by atoms with Crippen LogP contribution in [0.25, 0.3) is 0 Å². The molecule has 1 aromatic heterocycles. The summed E-state index contributed by atoms with van der Waals surface area (Å²) in [7, 11) is 1.67. The van der Waals surface area contributed by atoms with Crippen LogP contribution in [0.5, 0.6) is 5.75 Å². The Labute approximate surface area is 156 Å². The van der Waals surface area contributed by atoms with Crippen LogP contribution in [-0.2, 0) is 22.6 Å². The van der Waals surface area contributed by atoms with Gasteiger partial charge in [0.1, 0.15) is 5.75 Å². The van der Waals surface area contributed by atoms with E-state index in [1.807, 2.05) is 35.0 Å². The van der Waals surface area contributed by atoms with E-state index < -0.39 is 0 Å². The molecule has 1 heterocycles. The molecule has 0 bridgehead atoms. The van der Waals surface area contributed by atoms with Crippen molar-refractivity contribution >= 4 is 0 Å². The number of methoxy groups -OCH3 is 1. The molecule has 0 aliphatic heterocycles. The van der Waals surface area contributed by atoms with E-state index in [2.05, 4.69) is 4.98 Å². The van der Waals surface area contributed by atoms with Gasteiger partial charge in [0, 0.05) is 19.0 Å². The van der Waals surface area contributed by atoms with Crippen LogP contribution < -0.4 is 10.5 Å². The van der Waals surface area contributed by atoms with Crippen LogP contribution in [0.2, 0.25) is 0 Å². The Bertz CT molecular complexity index is 572. The van der Waals surface area contributed by atoms with E-state index >= 15 is 0 Å². The summed E-state index contributed by atoms with van der Waals surface area (Å²) < 4.78 is 19.1. The topological polar surface area (TPSA) is 71.5 Å². The van der Waals surface area contributed by atoms with E-state index in [1.54, 1.807) is 19.6 Å². The molecular weight excluding hydrogens is 330 g/mol. The van der Waals surface area contributed by atoms with Crippen LogP contribution in [-0.4, -0.2) is 42.5 Å². The van der Waals surface area contributed by atoms with Gasteiger partial charge in [-0.05, 0) is 37.1 Å². The van der Waals surface area contributed by atoms with E-state index in [-0.39, 0.29) is 6.10 Å². The summed E-state index contributed by atoms with van der Waals surface area (Å²) >= 11 is 0. The maximum atomic E-state index is 6.05. The van der Waals surface area contributed by atoms with Gasteiger partial charge >= 0.3 is 0 Å². The molecule has 0 radical (unpaired) electrons. The van der Waals surface area contributed by atoms with Crippen LogP contribution in [0.15, 0.2) is 43.0 Å². The fourth-order valence-electron chi connectivity index (χ4n) is 2.66. The van der Waals surface area contributed by atoms with Crippen LogP contribution >= 0.6 is 0 Å². The first-order valence-corrected chi connectivity index (χ1v) is 9.30. The van der Waals surface area contributed by atoms with Crippen molar-refractivity contribution < 1.29 is 14.2 Å². The maximum absolute atomic E-state index is 6.05. The molecule has 0 aliphatic rings. The monoisotopic (exact) mass is 361 g/mol. The van der Waals surface area contributed by atoms with E-state index in [0.29, 0.717) is 13.2 Å². The number of hydrogen-bond acceptors (Lipinski definition) is 5. The number of hydrogen-bond donors (Lipinski definition) is 1. The molecule has 0 amide bonds. The highest BCUT2D eigenvalue weighted by molar-refractivity contribution is 5.26. The molecule has 6 heteroatoms. The van der Waals surface area contributed by atoms with Crippen LogP contribution in [0.1, 0.15) is 31.2 Å². The molecule has 2 rings (SSSR count). The van der Waals surface area contributed by atoms with Gasteiger partial charge in [-0.15, -0.1) is 0 Å². The largest absolute Gasteiger partial charge is 0.497 e. The summed E-state index contributed by atoms with van der Waals surface area (Å²) in [6, 6.07) is 7.92. The lowest BCUT2D eigenvalue weighted by molar-refractivity contribution is -0.0306. The van der Waals surface area contributed by atoms with Gasteiger partial charge in [-0.1, -0.05) is 25.0 Å². The van der Waals surface area contributed by atoms with Crippen molar-refractivity contribution in [1.29, 1.82) is 0 Å². The Morgan fingerprint density at radius 2 is 1.92 bits per heavy atom. The average Bonchev–Trinajstić information content (AvgIpc) is 3.18. The van der Waals surface area contributed by atoms with Crippen LogP contribution in [0.4, 0.5) is 0 Å². The number of ether oxygens (including phenoxy) is 3. The van der Waals surface area contributed by atoms with E-state index in [0.717, 1.165) is 50.3 Å². The summed E-state index contributed by atoms with van der Waals surface area (Å²) in [5.41, 5.74) is 6.64. The molecule has 2 N–H and O–H groups in total. The molecule has 0 aliphatic carbocycles. The van der Waals surface area contributed by atoms with Crippen molar-refractivity contribution in [3.63, 3.8) is 0 Å². The molecule has 1 unspecified atom stereocenters. The molecule has 0 saturated heterocycles. The predicted octanol–water partition coefficient (Wildman–Crippen LogP) is 3.01. The molecule has 1 atom stereocenters. The Kier molecular flexibility index (Phi) is 9.79. The molecule has 0 fully saturated rings. The molecule has 0 saturated carbocycles. The summed E-state index contributed by atoms with van der Waals surface area (Å²) in [6.07, 6.45) is 10.0. The minimum Gasteiger partial charge on any atom is -0.497 e. The molecule has 0 spiro atoms. The normalized spacial score (nSPS) is 12.2. The SMILES string of the molecule is COc1ccc(COCC(Cn2ccnc2)OCCCCCCN)cc1. The molecule has 144 valence electrons. The van der Waals surface area contributed by atoms with Crippen molar-refractivity contribution in [3.8, 4) is 5.75 Å². The van der Waals surface area contributed by atoms with Gasteiger partial charge in [-0.2, -0.15) is 0 Å². The van der Waals surface area contributed by atoms with Crippen molar-refractivity contribution in [2.24, 2.45) is 5.73 Å². The van der Waals surface area contributed by atoms with Gasteiger partial charge in [-0.25, -0.2) is 4.98 Å². The summed E-state index contributed by atoms with van der Waals surface area (Å²) in [5, 5.41) is 0. The second-order valence-corrected chi connectivity index (χ2v) is 6.32. The molecular formula is C20H31N3O3. The summed E-state index contributed by atoms with van der Waals surface area (Å²) in [6.45, 7) is 3.36. The minimum atomic E-state index is 0.0111. The van der Waals surface area contributed by atoms with Gasteiger partial charge in [0.25, 0.3) is 0 Å². The molecule has 26 heavy (non-hydrogen) atoms. The van der Waals surface area contributed by atoms with Gasteiger partial charge in [0.05, 0.1) is 39.3 Å². The van der Waals surface area contributed by atoms with Crippen LogP contribution in [0.3, 0.4) is 0 Å². The summed E-state index contributed by atoms with van der Waals surface area (Å²) in [4.78, 5) is 4.09. The second-order valence-electron chi connectivity index (χ2n) is 6.32. The fraction of sp³-hybridized carbons (Fsp3) is 0.550. The number of unbranched alkanes of at least 4 members (excludes halogenated alkanes) is 3. The minimum absolute atomic E-state index is 0.0111.